The van der Waals surface area contributed by atoms with Crippen LogP contribution in [0, 0.1) is 24.7 Å². The maximum absolute atomic E-state index is 6.63. The molecule has 5 nitrogen and oxygen atoms in total. The van der Waals surface area contributed by atoms with Crippen molar-refractivity contribution < 1.29 is 25.8 Å². The summed E-state index contributed by atoms with van der Waals surface area (Å²) in [5.41, 5.74) is 11.4. The zero-order valence-electron chi connectivity index (χ0n) is 28.8. The maximum Gasteiger partial charge on any atom is 0.135 e. The zero-order chi connectivity index (χ0) is 33.6. The van der Waals surface area contributed by atoms with Crippen LogP contribution in [-0.2, 0) is 26.5 Å². The summed E-state index contributed by atoms with van der Waals surface area (Å²) in [4.78, 5) is 12.0. The van der Waals surface area contributed by atoms with Gasteiger partial charge in [-0.15, -0.1) is 41.6 Å². The number of hydrogen-bond acceptors (Lipinski definition) is 5. The van der Waals surface area contributed by atoms with Gasteiger partial charge in [0.15, 0.2) is 0 Å². The molecule has 2 bridgehead atoms. The van der Waals surface area contributed by atoms with E-state index in [-0.39, 0.29) is 32.0 Å². The average molecular weight is 845 g/mol. The van der Waals surface area contributed by atoms with Crippen LogP contribution in [0.1, 0.15) is 45.6 Å². The Kier molecular flexibility index (Phi) is 7.45. The Hall–Kier alpha value is -4.86. The number of hydrogen-bond donors (Lipinski definition) is 0. The van der Waals surface area contributed by atoms with Gasteiger partial charge >= 0.3 is 0 Å². The zero-order valence-corrected chi connectivity index (χ0v) is 31.1. The molecular formula is C45H37N4OPt-3. The minimum Gasteiger partial charge on any atom is -0.509 e. The Morgan fingerprint density at radius 2 is 1.37 bits per heavy atom. The molecule has 6 aromatic rings. The van der Waals surface area contributed by atoms with E-state index < -0.39 is 0 Å². The second kappa shape index (κ2) is 11.9. The third-order valence-electron chi connectivity index (χ3n) is 11.0. The van der Waals surface area contributed by atoms with Crippen molar-refractivity contribution in [2.45, 2.75) is 51.0 Å². The van der Waals surface area contributed by atoms with Crippen LogP contribution in [0.3, 0.4) is 0 Å². The van der Waals surface area contributed by atoms with Gasteiger partial charge in [0, 0.05) is 61.2 Å². The van der Waals surface area contributed by atoms with Crippen molar-refractivity contribution in [1.29, 1.82) is 0 Å². The number of benzene rings is 5. The van der Waals surface area contributed by atoms with E-state index in [1.807, 2.05) is 24.4 Å². The number of aromatic nitrogens is 1. The number of pyridine rings is 1. The molecule has 5 aromatic carbocycles. The summed E-state index contributed by atoms with van der Waals surface area (Å²) >= 11 is 0. The van der Waals surface area contributed by atoms with Crippen molar-refractivity contribution >= 4 is 34.3 Å². The van der Waals surface area contributed by atoms with Gasteiger partial charge < -0.3 is 19.4 Å². The van der Waals surface area contributed by atoms with Gasteiger partial charge in [-0.3, -0.25) is 0 Å². The predicted octanol–water partition coefficient (Wildman–Crippen LogP) is 11.5. The summed E-state index contributed by atoms with van der Waals surface area (Å²) in [6, 6.07) is 47.8. The van der Waals surface area contributed by atoms with Gasteiger partial charge in [0.25, 0.3) is 0 Å². The molecule has 3 aliphatic carbocycles. The van der Waals surface area contributed by atoms with E-state index in [0.717, 1.165) is 45.5 Å². The van der Waals surface area contributed by atoms with Crippen LogP contribution in [0.25, 0.3) is 22.3 Å². The van der Waals surface area contributed by atoms with Gasteiger partial charge in [-0.25, -0.2) is 4.98 Å². The first-order chi connectivity index (χ1) is 24.3. The van der Waals surface area contributed by atoms with E-state index in [2.05, 4.69) is 151 Å². The summed E-state index contributed by atoms with van der Waals surface area (Å²) in [5.74, 6) is 3.01. The molecule has 11 rings (SSSR count). The van der Waals surface area contributed by atoms with Gasteiger partial charge in [-0.05, 0) is 72.1 Å². The molecule has 3 saturated carbocycles. The van der Waals surface area contributed by atoms with E-state index in [1.54, 1.807) is 0 Å². The van der Waals surface area contributed by atoms with Crippen LogP contribution < -0.4 is 19.4 Å². The first-order valence-corrected chi connectivity index (χ1v) is 17.6. The molecule has 0 unspecified atom stereocenters. The van der Waals surface area contributed by atoms with Crippen LogP contribution in [0.15, 0.2) is 121 Å². The van der Waals surface area contributed by atoms with Crippen LogP contribution >= 0.6 is 0 Å². The van der Waals surface area contributed by atoms with Crippen LogP contribution in [0.4, 0.5) is 34.3 Å². The number of nitrogens with zero attached hydrogens (tertiary/aromatic N) is 4. The third kappa shape index (κ3) is 5.12. The Bertz CT molecular complexity index is 2290. The number of fused-ring (bicyclic) bond motifs is 6. The molecule has 256 valence electrons. The Morgan fingerprint density at radius 1 is 0.706 bits per heavy atom. The molecule has 51 heavy (non-hydrogen) atoms. The quantitative estimate of drug-likeness (QED) is 0.161. The van der Waals surface area contributed by atoms with Gasteiger partial charge in [0.2, 0.25) is 0 Å². The molecule has 2 aliphatic heterocycles. The van der Waals surface area contributed by atoms with Gasteiger partial charge in [0.05, 0.1) is 5.69 Å². The van der Waals surface area contributed by atoms with E-state index in [9.17, 15) is 0 Å². The number of anilines is 6. The van der Waals surface area contributed by atoms with Crippen molar-refractivity contribution in [1.82, 2.24) is 4.98 Å². The molecule has 0 atom stereocenters. The minimum absolute atomic E-state index is 0. The van der Waals surface area contributed by atoms with E-state index >= 15 is 0 Å². The fourth-order valence-corrected chi connectivity index (χ4v) is 8.30. The normalized spacial score (nSPS) is 19.4. The first kappa shape index (κ1) is 32.1. The molecular weight excluding hydrogens is 808 g/mol. The Morgan fingerprint density at radius 3 is 2.10 bits per heavy atom. The van der Waals surface area contributed by atoms with Crippen molar-refractivity contribution in [3.63, 3.8) is 0 Å². The molecule has 0 radical (unpaired) electrons. The monoisotopic (exact) mass is 844 g/mol. The fraction of sp³-hybridized carbons (Fsp3) is 0.200. The van der Waals surface area contributed by atoms with Crippen molar-refractivity contribution in [3.8, 4) is 33.8 Å². The van der Waals surface area contributed by atoms with Crippen LogP contribution in [0.2, 0.25) is 0 Å². The Balaban J connectivity index is 0.00000348. The van der Waals surface area contributed by atoms with Crippen molar-refractivity contribution in [3.05, 3.63) is 146 Å². The Labute approximate surface area is 314 Å². The summed E-state index contributed by atoms with van der Waals surface area (Å²) < 4.78 is 6.63. The molecule has 5 aliphatic rings. The third-order valence-corrected chi connectivity index (χ3v) is 11.0. The first-order valence-electron chi connectivity index (χ1n) is 17.6. The molecule has 0 amide bonds. The maximum atomic E-state index is 6.63. The fourth-order valence-electron chi connectivity index (χ4n) is 8.30. The predicted molar refractivity (Wildman–Crippen MR) is 202 cm³/mol. The summed E-state index contributed by atoms with van der Waals surface area (Å²) in [6.45, 7) is 8.98. The van der Waals surface area contributed by atoms with E-state index in [0.29, 0.717) is 11.5 Å². The van der Waals surface area contributed by atoms with Crippen LogP contribution in [0.5, 0.6) is 11.5 Å². The summed E-state index contributed by atoms with van der Waals surface area (Å²) in [6.07, 6.45) is 5.78. The standard InChI is InChI=1S/C45H37N4O.Pt/c1-44(2,3)31-21-22-46-43(23-31)49-39-16-7-6-15-37(39)35-13-4-5-14-36(35)38-20-19-34(25-42(38)49)50-33-12-10-11-32(24-33)47-29-48(45-26-30(27-45)28-45)41-18-9-8-17-40(41)47;/h4-23,29-30H,26-28H2,1-3H3;/q-3;. The second-order valence-electron chi connectivity index (χ2n) is 15.2. The van der Waals surface area contributed by atoms with Gasteiger partial charge in [-0.1, -0.05) is 86.6 Å². The topological polar surface area (TPSA) is 31.8 Å². The molecule has 3 heterocycles. The number of rotatable bonds is 5. The van der Waals surface area contributed by atoms with Crippen LogP contribution in [-0.4, -0.2) is 10.5 Å². The SMILES string of the molecule is CC(C)(C)c1ccnc(N2c3[c-]c(Oc4[c-]c(N5[CH-]N(C67CC(C6)C7)c6ccccc65)ccc4)ccc3-c3ccccc3-c3ccccc32)c1.[Pt]. The molecule has 3 fully saturated rings. The second-order valence-corrected chi connectivity index (χ2v) is 15.2. The molecule has 0 N–H and O–H groups in total. The number of ether oxygens (including phenoxy) is 1. The summed E-state index contributed by atoms with van der Waals surface area (Å²) in [7, 11) is 0. The smallest absolute Gasteiger partial charge is 0.135 e. The molecule has 0 spiro atoms. The average Bonchev–Trinajstić information content (AvgIpc) is 3.41. The van der Waals surface area contributed by atoms with Gasteiger partial charge in [0.1, 0.15) is 5.82 Å². The van der Waals surface area contributed by atoms with E-state index in [1.165, 1.54) is 41.8 Å². The number of para-hydroxylation sites is 3. The molecule has 0 saturated heterocycles. The molecule has 6 heteroatoms. The van der Waals surface area contributed by atoms with Gasteiger partial charge in [-0.2, -0.15) is 18.8 Å². The minimum atomic E-state index is -0.0352. The molecule has 1 aromatic heterocycles. The largest absolute Gasteiger partial charge is 0.509 e. The van der Waals surface area contributed by atoms with Crippen molar-refractivity contribution in [2.24, 2.45) is 5.92 Å². The summed E-state index contributed by atoms with van der Waals surface area (Å²) in [5, 5.41) is 0. The van der Waals surface area contributed by atoms with E-state index in [4.69, 9.17) is 9.72 Å². The van der Waals surface area contributed by atoms with Crippen molar-refractivity contribution in [2.75, 3.05) is 14.7 Å².